The molecule has 0 saturated carbocycles. The van der Waals surface area contributed by atoms with E-state index in [0.717, 1.165) is 22.3 Å². The topological polar surface area (TPSA) is 96.7 Å². The first kappa shape index (κ1) is 21.1. The van der Waals surface area contributed by atoms with Crippen LogP contribution in [0.15, 0.2) is 45.3 Å². The fourth-order valence-electron chi connectivity index (χ4n) is 3.35. The zero-order valence-corrected chi connectivity index (χ0v) is 18.7. The average Bonchev–Trinajstić information content (AvgIpc) is 3.40. The van der Waals surface area contributed by atoms with Gasteiger partial charge in [-0.3, -0.25) is 15.0 Å². The second-order valence-electron chi connectivity index (χ2n) is 7.04. The summed E-state index contributed by atoms with van der Waals surface area (Å²) in [6, 6.07) is 6.12. The van der Waals surface area contributed by atoms with E-state index in [4.69, 9.17) is 0 Å². The van der Waals surface area contributed by atoms with E-state index in [1.165, 1.54) is 16.4 Å². The second-order valence-corrected chi connectivity index (χ2v) is 10.6. The van der Waals surface area contributed by atoms with Gasteiger partial charge in [0.2, 0.25) is 10.0 Å². The third-order valence-corrected chi connectivity index (χ3v) is 8.57. The Morgan fingerprint density at radius 1 is 1.17 bits per heavy atom. The molecular formula is C19H20N4O4S3. The first-order chi connectivity index (χ1) is 14.3. The number of nitro benzene ring substituents is 1. The van der Waals surface area contributed by atoms with Crippen molar-refractivity contribution in [2.75, 3.05) is 26.2 Å². The molecule has 11 heteroatoms. The van der Waals surface area contributed by atoms with Crippen molar-refractivity contribution in [3.8, 4) is 10.6 Å². The molecule has 30 heavy (non-hydrogen) atoms. The van der Waals surface area contributed by atoms with Crippen molar-refractivity contribution < 1.29 is 13.3 Å². The normalized spacial score (nSPS) is 16.0. The number of benzene rings is 1. The summed E-state index contributed by atoms with van der Waals surface area (Å²) in [7, 11) is -3.77. The molecule has 8 nitrogen and oxygen atoms in total. The molecule has 158 valence electrons. The highest BCUT2D eigenvalue weighted by Crippen LogP contribution is 2.27. The number of thiazole rings is 1. The number of sulfonamides is 1. The predicted molar refractivity (Wildman–Crippen MR) is 117 cm³/mol. The lowest BCUT2D eigenvalue weighted by Crippen LogP contribution is -2.48. The van der Waals surface area contributed by atoms with E-state index >= 15 is 0 Å². The lowest BCUT2D eigenvalue weighted by atomic mass is 10.2. The molecule has 3 heterocycles. The molecule has 1 aliphatic heterocycles. The van der Waals surface area contributed by atoms with Crippen LogP contribution in [-0.2, 0) is 16.6 Å². The number of aryl methyl sites for hydroxylation is 1. The molecule has 0 aliphatic carbocycles. The Kier molecular flexibility index (Phi) is 5.98. The summed E-state index contributed by atoms with van der Waals surface area (Å²) < 4.78 is 27.3. The number of aromatic nitrogens is 1. The first-order valence-electron chi connectivity index (χ1n) is 9.29. The van der Waals surface area contributed by atoms with Gasteiger partial charge in [0.25, 0.3) is 5.69 Å². The van der Waals surface area contributed by atoms with E-state index in [1.807, 2.05) is 16.8 Å². The zero-order chi connectivity index (χ0) is 21.3. The van der Waals surface area contributed by atoms with E-state index in [-0.39, 0.29) is 10.6 Å². The average molecular weight is 465 g/mol. The number of nitrogens with zero attached hydrogens (tertiary/aromatic N) is 4. The van der Waals surface area contributed by atoms with E-state index in [1.54, 1.807) is 29.6 Å². The maximum Gasteiger partial charge on any atom is 0.273 e. The number of nitro groups is 1. The smallest absolute Gasteiger partial charge is 0.273 e. The molecule has 0 amide bonds. The summed E-state index contributed by atoms with van der Waals surface area (Å²) >= 11 is 3.25. The van der Waals surface area contributed by atoms with Gasteiger partial charge in [0, 0.05) is 60.7 Å². The van der Waals surface area contributed by atoms with Crippen LogP contribution >= 0.6 is 22.7 Å². The Morgan fingerprint density at radius 2 is 1.93 bits per heavy atom. The van der Waals surface area contributed by atoms with Crippen molar-refractivity contribution in [3.05, 3.63) is 61.8 Å². The summed E-state index contributed by atoms with van der Waals surface area (Å²) in [5, 5.41) is 18.3. The Balaban J connectivity index is 1.40. The summed E-state index contributed by atoms with van der Waals surface area (Å²) in [6.45, 7) is 4.11. The highest BCUT2D eigenvalue weighted by molar-refractivity contribution is 7.89. The van der Waals surface area contributed by atoms with Gasteiger partial charge < -0.3 is 0 Å². The largest absolute Gasteiger partial charge is 0.295 e. The Labute approximate surface area is 182 Å². The standard InChI is InChI=1S/C19H20N4O4S3/c1-14-2-3-17(10-18(14)23(24)25)30(26,27)22-7-5-21(6-8-22)11-16-13-29-19(20-16)15-4-9-28-12-15/h2-4,9-10,12-13H,5-8,11H2,1H3. The monoisotopic (exact) mass is 464 g/mol. The molecule has 0 bridgehead atoms. The van der Waals surface area contributed by atoms with Gasteiger partial charge in [0.05, 0.1) is 15.5 Å². The number of thiophene rings is 1. The molecule has 1 aliphatic rings. The molecule has 1 saturated heterocycles. The minimum absolute atomic E-state index is 0.0341. The summed E-state index contributed by atoms with van der Waals surface area (Å²) in [4.78, 5) is 17.4. The van der Waals surface area contributed by atoms with Crippen LogP contribution < -0.4 is 0 Å². The molecule has 0 radical (unpaired) electrons. The highest BCUT2D eigenvalue weighted by atomic mass is 32.2. The fraction of sp³-hybridized carbons (Fsp3) is 0.316. The summed E-state index contributed by atoms with van der Waals surface area (Å²) in [5.74, 6) is 0. The third-order valence-electron chi connectivity index (χ3n) is 5.05. The SMILES string of the molecule is Cc1ccc(S(=O)(=O)N2CCN(Cc3csc(-c4ccsc4)n3)CC2)cc1[N+](=O)[O-]. The lowest BCUT2D eigenvalue weighted by Gasteiger charge is -2.33. The minimum atomic E-state index is -3.77. The van der Waals surface area contributed by atoms with Gasteiger partial charge in [-0.1, -0.05) is 6.07 Å². The van der Waals surface area contributed by atoms with E-state index in [0.29, 0.717) is 38.3 Å². The summed E-state index contributed by atoms with van der Waals surface area (Å²) in [5.41, 5.74) is 2.36. The second kappa shape index (κ2) is 8.52. The Morgan fingerprint density at radius 3 is 2.60 bits per heavy atom. The molecule has 0 spiro atoms. The molecule has 0 atom stereocenters. The molecule has 0 N–H and O–H groups in total. The first-order valence-corrected chi connectivity index (χ1v) is 12.6. The van der Waals surface area contributed by atoms with Gasteiger partial charge in [0.1, 0.15) is 5.01 Å². The van der Waals surface area contributed by atoms with Crippen molar-refractivity contribution in [3.63, 3.8) is 0 Å². The van der Waals surface area contributed by atoms with E-state index < -0.39 is 14.9 Å². The van der Waals surface area contributed by atoms with Crippen molar-refractivity contribution >= 4 is 38.4 Å². The number of piperazine rings is 1. The number of rotatable bonds is 6. The van der Waals surface area contributed by atoms with Crippen LogP contribution in [0, 0.1) is 17.0 Å². The quantitative estimate of drug-likeness (QED) is 0.409. The van der Waals surface area contributed by atoms with E-state index in [2.05, 4.69) is 15.3 Å². The fourth-order valence-corrected chi connectivity index (χ4v) is 6.32. The number of hydrogen-bond donors (Lipinski definition) is 0. The van der Waals surface area contributed by atoms with Crippen LogP contribution in [0.2, 0.25) is 0 Å². The van der Waals surface area contributed by atoms with Crippen LogP contribution in [0.25, 0.3) is 10.6 Å². The molecule has 1 fully saturated rings. The van der Waals surface area contributed by atoms with Gasteiger partial charge in [0.15, 0.2) is 0 Å². The highest BCUT2D eigenvalue weighted by Gasteiger charge is 2.30. The van der Waals surface area contributed by atoms with Crippen molar-refractivity contribution in [1.82, 2.24) is 14.2 Å². The van der Waals surface area contributed by atoms with Crippen LogP contribution in [0.1, 0.15) is 11.3 Å². The molecule has 3 aromatic rings. The van der Waals surface area contributed by atoms with Crippen molar-refractivity contribution in [2.24, 2.45) is 0 Å². The number of hydrogen-bond acceptors (Lipinski definition) is 8. The van der Waals surface area contributed by atoms with Gasteiger partial charge in [-0.25, -0.2) is 13.4 Å². The maximum absolute atomic E-state index is 12.9. The Bertz CT molecular complexity index is 1150. The summed E-state index contributed by atoms with van der Waals surface area (Å²) in [6.07, 6.45) is 0. The predicted octanol–water partition coefficient (Wildman–Crippen LogP) is 3.59. The molecule has 0 unspecified atom stereocenters. The van der Waals surface area contributed by atoms with Gasteiger partial charge >= 0.3 is 0 Å². The van der Waals surface area contributed by atoms with Gasteiger partial charge in [-0.15, -0.1) is 11.3 Å². The van der Waals surface area contributed by atoms with Crippen LogP contribution in [0.5, 0.6) is 0 Å². The van der Waals surface area contributed by atoms with E-state index in [9.17, 15) is 18.5 Å². The molecule has 2 aromatic heterocycles. The van der Waals surface area contributed by atoms with Crippen LogP contribution in [0.4, 0.5) is 5.69 Å². The van der Waals surface area contributed by atoms with Crippen LogP contribution in [-0.4, -0.2) is 53.7 Å². The maximum atomic E-state index is 12.9. The zero-order valence-electron chi connectivity index (χ0n) is 16.2. The van der Waals surface area contributed by atoms with Crippen molar-refractivity contribution in [2.45, 2.75) is 18.4 Å². The van der Waals surface area contributed by atoms with Gasteiger partial charge in [-0.05, 0) is 24.4 Å². The minimum Gasteiger partial charge on any atom is -0.295 e. The molecular weight excluding hydrogens is 444 g/mol. The van der Waals surface area contributed by atoms with Crippen molar-refractivity contribution in [1.29, 1.82) is 0 Å². The molecule has 1 aromatic carbocycles. The third kappa shape index (κ3) is 4.30. The van der Waals surface area contributed by atoms with Gasteiger partial charge in [-0.2, -0.15) is 15.6 Å². The lowest BCUT2D eigenvalue weighted by molar-refractivity contribution is -0.385. The Hall–Kier alpha value is -2.18. The van der Waals surface area contributed by atoms with Crippen LogP contribution in [0.3, 0.4) is 0 Å². The molecule has 4 rings (SSSR count).